The number of nitrogens with one attached hydrogen (secondary N) is 1. The van der Waals surface area contributed by atoms with Gasteiger partial charge in [-0.1, -0.05) is 6.08 Å². The van der Waals surface area contributed by atoms with Crippen LogP contribution in [0.1, 0.15) is 24.4 Å². The summed E-state index contributed by atoms with van der Waals surface area (Å²) in [5, 5.41) is 0. The fourth-order valence-corrected chi connectivity index (χ4v) is 1.28. The molecule has 4 heteroatoms. The molecule has 1 rings (SSSR count). The molecular formula is C10H14FN3. The first-order valence-electron chi connectivity index (χ1n) is 4.46. The van der Waals surface area contributed by atoms with E-state index in [9.17, 15) is 4.39 Å². The summed E-state index contributed by atoms with van der Waals surface area (Å²) in [6.07, 6.45) is 6.03. The predicted octanol–water partition coefficient (Wildman–Crippen LogP) is 1.69. The zero-order chi connectivity index (χ0) is 10.4. The Kier molecular flexibility index (Phi) is 4.22. The number of hydrogen-bond acceptors (Lipinski definition) is 3. The Bertz CT molecular complexity index is 301. The molecule has 0 fully saturated rings. The Labute approximate surface area is 82.8 Å². The van der Waals surface area contributed by atoms with Crippen molar-refractivity contribution in [3.05, 3.63) is 42.5 Å². The van der Waals surface area contributed by atoms with Crippen molar-refractivity contribution in [2.45, 2.75) is 18.9 Å². The third-order valence-electron chi connectivity index (χ3n) is 2.04. The van der Waals surface area contributed by atoms with Crippen LogP contribution in [0.25, 0.3) is 0 Å². The molecule has 0 bridgehead atoms. The largest absolute Gasteiger partial charge is 0.271 e. The van der Waals surface area contributed by atoms with Crippen LogP contribution in [-0.2, 0) is 0 Å². The highest BCUT2D eigenvalue weighted by molar-refractivity contribution is 5.17. The molecule has 0 saturated carbocycles. The number of allylic oxidation sites excluding steroid dienone is 1. The second-order valence-electron chi connectivity index (χ2n) is 2.98. The van der Waals surface area contributed by atoms with Gasteiger partial charge in [0.05, 0.1) is 6.20 Å². The SMILES string of the molecule is C=CCCC(NN)c1ccncc1F. The van der Waals surface area contributed by atoms with E-state index in [1.165, 1.54) is 6.20 Å². The maximum Gasteiger partial charge on any atom is 0.146 e. The van der Waals surface area contributed by atoms with E-state index in [1.807, 2.05) is 0 Å². The Hall–Kier alpha value is -1.26. The molecule has 0 saturated heterocycles. The monoisotopic (exact) mass is 195 g/mol. The first kappa shape index (κ1) is 10.8. The summed E-state index contributed by atoms with van der Waals surface area (Å²) < 4.78 is 13.3. The zero-order valence-electron chi connectivity index (χ0n) is 7.91. The van der Waals surface area contributed by atoms with Gasteiger partial charge in [0.25, 0.3) is 0 Å². The van der Waals surface area contributed by atoms with Gasteiger partial charge in [0, 0.05) is 17.8 Å². The molecule has 1 atom stereocenters. The Balaban J connectivity index is 2.78. The average molecular weight is 195 g/mol. The molecule has 76 valence electrons. The average Bonchev–Trinajstić information content (AvgIpc) is 2.21. The van der Waals surface area contributed by atoms with Crippen LogP contribution in [0, 0.1) is 5.82 Å². The third-order valence-corrected chi connectivity index (χ3v) is 2.04. The summed E-state index contributed by atoms with van der Waals surface area (Å²) in [5.41, 5.74) is 3.12. The minimum atomic E-state index is -0.334. The summed E-state index contributed by atoms with van der Waals surface area (Å²) in [4.78, 5) is 3.68. The Morgan fingerprint density at radius 3 is 3.07 bits per heavy atom. The van der Waals surface area contributed by atoms with E-state index in [-0.39, 0.29) is 11.9 Å². The lowest BCUT2D eigenvalue weighted by Gasteiger charge is -2.15. The number of hydrazine groups is 1. The summed E-state index contributed by atoms with van der Waals surface area (Å²) in [6, 6.07) is 1.44. The molecule has 0 aliphatic rings. The van der Waals surface area contributed by atoms with Crippen molar-refractivity contribution in [3.8, 4) is 0 Å². The summed E-state index contributed by atoms with van der Waals surface area (Å²) in [5.74, 6) is 5.01. The molecule has 3 N–H and O–H groups in total. The van der Waals surface area contributed by atoms with Crippen molar-refractivity contribution in [2.75, 3.05) is 0 Å². The third kappa shape index (κ3) is 2.61. The normalized spacial score (nSPS) is 12.4. The van der Waals surface area contributed by atoms with Crippen LogP contribution in [0.3, 0.4) is 0 Å². The number of halogens is 1. The number of hydrogen-bond donors (Lipinski definition) is 2. The summed E-state index contributed by atoms with van der Waals surface area (Å²) in [7, 11) is 0. The second kappa shape index (κ2) is 5.47. The molecule has 1 unspecified atom stereocenters. The smallest absolute Gasteiger partial charge is 0.146 e. The molecule has 1 aromatic heterocycles. The zero-order valence-corrected chi connectivity index (χ0v) is 7.91. The van der Waals surface area contributed by atoms with Crippen molar-refractivity contribution >= 4 is 0 Å². The van der Waals surface area contributed by atoms with Gasteiger partial charge in [-0.2, -0.15) is 0 Å². The topological polar surface area (TPSA) is 50.9 Å². The van der Waals surface area contributed by atoms with Gasteiger partial charge in [-0.25, -0.2) is 4.39 Å². The molecule has 14 heavy (non-hydrogen) atoms. The second-order valence-corrected chi connectivity index (χ2v) is 2.98. The van der Waals surface area contributed by atoms with Gasteiger partial charge in [-0.05, 0) is 18.9 Å². The molecule has 3 nitrogen and oxygen atoms in total. The molecular weight excluding hydrogens is 181 g/mol. The van der Waals surface area contributed by atoms with Gasteiger partial charge in [0.2, 0.25) is 0 Å². The quantitative estimate of drug-likeness (QED) is 0.427. The Morgan fingerprint density at radius 2 is 2.50 bits per heavy atom. The highest BCUT2D eigenvalue weighted by Gasteiger charge is 2.12. The number of aromatic nitrogens is 1. The van der Waals surface area contributed by atoms with Crippen molar-refractivity contribution in [1.29, 1.82) is 0 Å². The van der Waals surface area contributed by atoms with Gasteiger partial charge in [0.1, 0.15) is 5.82 Å². The van der Waals surface area contributed by atoms with Crippen LogP contribution in [0.4, 0.5) is 4.39 Å². The van der Waals surface area contributed by atoms with Crippen LogP contribution in [0.2, 0.25) is 0 Å². The number of nitrogens with two attached hydrogens (primary N) is 1. The maximum atomic E-state index is 13.3. The van der Waals surface area contributed by atoms with E-state index in [0.717, 1.165) is 12.8 Å². The standard InChI is InChI=1S/C10H14FN3/c1-2-3-4-10(14-12)8-5-6-13-7-9(8)11/h2,5-7,10,14H,1,3-4,12H2. The molecule has 0 aliphatic heterocycles. The first-order valence-corrected chi connectivity index (χ1v) is 4.46. The van der Waals surface area contributed by atoms with Crippen LogP contribution < -0.4 is 11.3 Å². The molecule has 1 aromatic rings. The van der Waals surface area contributed by atoms with Gasteiger partial charge < -0.3 is 0 Å². The van der Waals surface area contributed by atoms with E-state index < -0.39 is 0 Å². The lowest BCUT2D eigenvalue weighted by molar-refractivity contribution is 0.486. The van der Waals surface area contributed by atoms with Crippen molar-refractivity contribution in [2.24, 2.45) is 5.84 Å². The molecule has 0 aliphatic carbocycles. The fraction of sp³-hybridized carbons (Fsp3) is 0.300. The minimum absolute atomic E-state index is 0.184. The van der Waals surface area contributed by atoms with E-state index >= 15 is 0 Å². The van der Waals surface area contributed by atoms with Crippen LogP contribution in [-0.4, -0.2) is 4.98 Å². The first-order chi connectivity index (χ1) is 6.79. The molecule has 0 amide bonds. The van der Waals surface area contributed by atoms with Crippen molar-refractivity contribution < 1.29 is 4.39 Å². The predicted molar refractivity (Wildman–Crippen MR) is 53.7 cm³/mol. The van der Waals surface area contributed by atoms with Gasteiger partial charge in [-0.15, -0.1) is 6.58 Å². The Morgan fingerprint density at radius 1 is 1.71 bits per heavy atom. The number of pyridine rings is 1. The molecule has 1 heterocycles. The van der Waals surface area contributed by atoms with Gasteiger partial charge in [0.15, 0.2) is 0 Å². The highest BCUT2D eigenvalue weighted by Crippen LogP contribution is 2.19. The van der Waals surface area contributed by atoms with Gasteiger partial charge in [-0.3, -0.25) is 16.3 Å². The van der Waals surface area contributed by atoms with E-state index in [2.05, 4.69) is 17.0 Å². The lowest BCUT2D eigenvalue weighted by Crippen LogP contribution is -2.28. The maximum absolute atomic E-state index is 13.3. The van der Waals surface area contributed by atoms with Crippen LogP contribution >= 0.6 is 0 Å². The van der Waals surface area contributed by atoms with E-state index in [4.69, 9.17) is 5.84 Å². The highest BCUT2D eigenvalue weighted by atomic mass is 19.1. The van der Waals surface area contributed by atoms with E-state index in [0.29, 0.717) is 5.56 Å². The molecule has 0 aromatic carbocycles. The minimum Gasteiger partial charge on any atom is -0.271 e. The molecule has 0 radical (unpaired) electrons. The fourth-order valence-electron chi connectivity index (χ4n) is 1.28. The lowest BCUT2D eigenvalue weighted by atomic mass is 10.0. The number of nitrogens with zero attached hydrogens (tertiary/aromatic N) is 1. The van der Waals surface area contributed by atoms with Crippen molar-refractivity contribution in [1.82, 2.24) is 10.4 Å². The molecule has 0 spiro atoms. The van der Waals surface area contributed by atoms with E-state index in [1.54, 1.807) is 18.3 Å². The van der Waals surface area contributed by atoms with Gasteiger partial charge >= 0.3 is 0 Å². The van der Waals surface area contributed by atoms with Crippen molar-refractivity contribution in [3.63, 3.8) is 0 Å². The summed E-state index contributed by atoms with van der Waals surface area (Å²) in [6.45, 7) is 3.61. The number of rotatable bonds is 5. The van der Waals surface area contributed by atoms with Crippen LogP contribution in [0.15, 0.2) is 31.1 Å². The summed E-state index contributed by atoms with van der Waals surface area (Å²) >= 11 is 0. The van der Waals surface area contributed by atoms with Crippen LogP contribution in [0.5, 0.6) is 0 Å².